The first-order valence-corrected chi connectivity index (χ1v) is 17.1. The van der Waals surface area contributed by atoms with Crippen LogP contribution in [-0.4, -0.2) is 65.7 Å². The highest BCUT2D eigenvalue weighted by molar-refractivity contribution is 6.90. The van der Waals surface area contributed by atoms with Crippen molar-refractivity contribution in [2.75, 3.05) is 43.4 Å². The maximum atomic E-state index is 4.92. The number of anilines is 3. The van der Waals surface area contributed by atoms with Crippen LogP contribution in [0.5, 0.6) is 0 Å². The average molecular weight is 566 g/mol. The molecule has 214 valence electrons. The topological polar surface area (TPSA) is 62.1 Å². The Bertz CT molecular complexity index is 1500. The van der Waals surface area contributed by atoms with Gasteiger partial charge in [0.25, 0.3) is 0 Å². The average Bonchev–Trinajstić information content (AvgIpc) is 3.49. The molecule has 4 heterocycles. The quantitative estimate of drug-likeness (QED) is 0.195. The molecule has 41 heavy (non-hydrogen) atoms. The van der Waals surface area contributed by atoms with Gasteiger partial charge in [0.1, 0.15) is 13.9 Å². The molecule has 8 heteroatoms. The minimum atomic E-state index is -1.91. The molecule has 0 bridgehead atoms. The second kappa shape index (κ2) is 12.1. The second-order valence-corrected chi connectivity index (χ2v) is 17.7. The maximum Gasteiger partial charge on any atom is 0.229 e. The van der Waals surface area contributed by atoms with Gasteiger partial charge in [-0.1, -0.05) is 47.5 Å². The number of nitrogens with zero attached hydrogens (tertiary/aromatic N) is 6. The van der Waals surface area contributed by atoms with Gasteiger partial charge in [0, 0.05) is 61.7 Å². The van der Waals surface area contributed by atoms with E-state index in [4.69, 9.17) is 9.97 Å². The predicted molar refractivity (Wildman–Crippen MR) is 174 cm³/mol. The summed E-state index contributed by atoms with van der Waals surface area (Å²) in [5.74, 6) is 4.96. The smallest absolute Gasteiger partial charge is 0.229 e. The SMILES string of the molecule is CC(C)[Si](C#Cc1cc(-n2cccc2)nc2nc(Nc3ccc(N4CCN(C)CC4)cc3)ncc12)(C(C)C)C(C)C. The lowest BCUT2D eigenvalue weighted by atomic mass is 10.2. The summed E-state index contributed by atoms with van der Waals surface area (Å²) in [6, 6.07) is 14.6. The lowest BCUT2D eigenvalue weighted by Gasteiger charge is -2.38. The fourth-order valence-electron chi connectivity index (χ4n) is 6.34. The van der Waals surface area contributed by atoms with Crippen LogP contribution in [0.2, 0.25) is 16.6 Å². The summed E-state index contributed by atoms with van der Waals surface area (Å²) in [7, 11) is 0.267. The third kappa shape index (κ3) is 6.02. The van der Waals surface area contributed by atoms with Crippen LogP contribution in [0.1, 0.15) is 47.1 Å². The van der Waals surface area contributed by atoms with Crippen LogP contribution >= 0.6 is 0 Å². The van der Waals surface area contributed by atoms with Crippen LogP contribution in [0.4, 0.5) is 17.3 Å². The van der Waals surface area contributed by atoms with Crippen molar-refractivity contribution in [3.63, 3.8) is 0 Å². The normalized spacial score (nSPS) is 14.6. The van der Waals surface area contributed by atoms with Gasteiger partial charge in [-0.25, -0.2) is 9.97 Å². The molecule has 0 aliphatic carbocycles. The van der Waals surface area contributed by atoms with Crippen LogP contribution in [-0.2, 0) is 0 Å². The van der Waals surface area contributed by atoms with Crippen LogP contribution in [0.3, 0.4) is 0 Å². The van der Waals surface area contributed by atoms with Crippen molar-refractivity contribution in [3.05, 3.63) is 66.6 Å². The van der Waals surface area contributed by atoms with E-state index < -0.39 is 8.07 Å². The highest BCUT2D eigenvalue weighted by Crippen LogP contribution is 2.41. The number of nitrogens with one attached hydrogen (secondary N) is 1. The molecule has 0 spiro atoms. The van der Waals surface area contributed by atoms with E-state index in [0.717, 1.165) is 48.6 Å². The molecule has 0 unspecified atom stereocenters. The monoisotopic (exact) mass is 565 g/mol. The Morgan fingerprint density at radius 3 is 2.10 bits per heavy atom. The van der Waals surface area contributed by atoms with E-state index in [1.165, 1.54) is 5.69 Å². The van der Waals surface area contributed by atoms with Gasteiger partial charge in [0.2, 0.25) is 5.95 Å². The van der Waals surface area contributed by atoms with Gasteiger partial charge in [0.05, 0.1) is 5.39 Å². The van der Waals surface area contributed by atoms with E-state index in [1.54, 1.807) is 0 Å². The number of likely N-dealkylation sites (N-methyl/N-ethyl adjacent to an activating group) is 1. The number of piperazine rings is 1. The Morgan fingerprint density at radius 1 is 0.854 bits per heavy atom. The molecular weight excluding hydrogens is 522 g/mol. The Balaban J connectivity index is 1.49. The Hall–Kier alpha value is -3.67. The van der Waals surface area contributed by atoms with E-state index >= 15 is 0 Å². The number of aromatic nitrogens is 4. The van der Waals surface area contributed by atoms with Crippen molar-refractivity contribution in [1.82, 2.24) is 24.4 Å². The predicted octanol–water partition coefficient (Wildman–Crippen LogP) is 6.88. The molecule has 5 rings (SSSR count). The minimum Gasteiger partial charge on any atom is -0.369 e. The highest BCUT2D eigenvalue weighted by Gasteiger charge is 2.41. The lowest BCUT2D eigenvalue weighted by Crippen LogP contribution is -2.44. The van der Waals surface area contributed by atoms with Gasteiger partial charge < -0.3 is 19.7 Å². The molecule has 1 aliphatic rings. The minimum absolute atomic E-state index is 0.524. The van der Waals surface area contributed by atoms with Gasteiger partial charge in [-0.15, -0.1) is 5.54 Å². The van der Waals surface area contributed by atoms with Crippen molar-refractivity contribution in [2.24, 2.45) is 0 Å². The fraction of sp³-hybridized carbons (Fsp3) is 0.424. The first-order valence-electron chi connectivity index (χ1n) is 14.8. The number of hydrogen-bond donors (Lipinski definition) is 1. The van der Waals surface area contributed by atoms with Crippen LogP contribution < -0.4 is 10.2 Å². The van der Waals surface area contributed by atoms with E-state index in [0.29, 0.717) is 28.2 Å². The largest absolute Gasteiger partial charge is 0.369 e. The summed E-state index contributed by atoms with van der Waals surface area (Å²) >= 11 is 0. The van der Waals surface area contributed by atoms with E-state index in [1.807, 2.05) is 35.3 Å². The van der Waals surface area contributed by atoms with Crippen molar-refractivity contribution < 1.29 is 0 Å². The number of pyridine rings is 1. The number of benzene rings is 1. The number of fused-ring (bicyclic) bond motifs is 1. The third-order valence-electron chi connectivity index (χ3n) is 8.69. The van der Waals surface area contributed by atoms with Gasteiger partial charge in [-0.3, -0.25) is 0 Å². The van der Waals surface area contributed by atoms with Crippen LogP contribution in [0.25, 0.3) is 16.9 Å². The third-order valence-corrected chi connectivity index (χ3v) is 15.0. The van der Waals surface area contributed by atoms with Crippen molar-refractivity contribution >= 4 is 36.4 Å². The summed E-state index contributed by atoms with van der Waals surface area (Å²) in [6.07, 6.45) is 5.87. The molecule has 3 aromatic heterocycles. The van der Waals surface area contributed by atoms with E-state index in [2.05, 4.69) is 110 Å². The molecule has 1 fully saturated rings. The standard InChI is InChI=1S/C33H43N7Si/c1-24(2)41(25(3)4,26(5)6)21-14-27-22-31(40-15-8-9-16-40)36-32-30(27)23-34-33(37-32)35-28-10-12-29(13-11-28)39-19-17-38(7)18-20-39/h8-13,15-16,22-26H,17-20H2,1-7H3,(H,34,35,36,37). The molecule has 0 atom stereocenters. The van der Waals surface area contributed by atoms with Gasteiger partial charge >= 0.3 is 0 Å². The number of hydrogen-bond acceptors (Lipinski definition) is 6. The molecular formula is C33H43N7Si. The summed E-state index contributed by atoms with van der Waals surface area (Å²) < 4.78 is 2.01. The van der Waals surface area contributed by atoms with Crippen molar-refractivity contribution in [2.45, 2.75) is 58.2 Å². The summed E-state index contributed by atoms with van der Waals surface area (Å²) in [5, 5.41) is 4.26. The Kier molecular flexibility index (Phi) is 8.48. The van der Waals surface area contributed by atoms with Crippen molar-refractivity contribution in [1.29, 1.82) is 0 Å². The van der Waals surface area contributed by atoms with Gasteiger partial charge in [0.15, 0.2) is 5.65 Å². The molecule has 1 aromatic carbocycles. The maximum absolute atomic E-state index is 4.92. The number of rotatable bonds is 7. The first-order chi connectivity index (χ1) is 19.7. The molecule has 0 amide bonds. The fourth-order valence-corrected chi connectivity index (χ4v) is 11.6. The molecule has 1 N–H and O–H groups in total. The van der Waals surface area contributed by atoms with E-state index in [9.17, 15) is 0 Å². The molecule has 1 saturated heterocycles. The Labute approximate surface area is 246 Å². The molecule has 7 nitrogen and oxygen atoms in total. The molecule has 1 aliphatic heterocycles. The Morgan fingerprint density at radius 2 is 1.49 bits per heavy atom. The second-order valence-electron chi connectivity index (χ2n) is 12.2. The van der Waals surface area contributed by atoms with Gasteiger partial charge in [-0.2, -0.15) is 4.98 Å². The lowest BCUT2D eigenvalue weighted by molar-refractivity contribution is 0.313. The zero-order chi connectivity index (χ0) is 29.1. The summed E-state index contributed by atoms with van der Waals surface area (Å²) in [6.45, 7) is 18.3. The first kappa shape index (κ1) is 28.8. The van der Waals surface area contributed by atoms with Crippen LogP contribution in [0, 0.1) is 11.5 Å². The highest BCUT2D eigenvalue weighted by atomic mass is 28.3. The van der Waals surface area contributed by atoms with Crippen molar-refractivity contribution in [3.8, 4) is 17.3 Å². The molecule has 0 saturated carbocycles. The summed E-state index contributed by atoms with van der Waals surface area (Å²) in [4.78, 5) is 19.3. The van der Waals surface area contributed by atoms with Crippen LogP contribution in [0.15, 0.2) is 61.1 Å². The zero-order valence-corrected chi connectivity index (χ0v) is 26.5. The summed E-state index contributed by atoms with van der Waals surface area (Å²) in [5.41, 5.74) is 9.31. The molecule has 0 radical (unpaired) electrons. The zero-order valence-electron chi connectivity index (χ0n) is 25.5. The van der Waals surface area contributed by atoms with Gasteiger partial charge in [-0.05, 0) is 66.1 Å². The molecule has 4 aromatic rings. The van der Waals surface area contributed by atoms with E-state index in [-0.39, 0.29) is 0 Å².